The summed E-state index contributed by atoms with van der Waals surface area (Å²) in [6.45, 7) is 4.96. The molecular weight excluding hydrogens is 344 g/mol. The molecule has 0 saturated carbocycles. The molecule has 1 saturated heterocycles. The number of rotatable bonds is 6. The highest BCUT2D eigenvalue weighted by atomic mass is 16.5. The van der Waals surface area contributed by atoms with Crippen molar-refractivity contribution in [3.63, 3.8) is 0 Å². The van der Waals surface area contributed by atoms with Crippen LogP contribution in [-0.2, 0) is 4.79 Å². The first-order valence-corrected chi connectivity index (χ1v) is 9.05. The number of ether oxygens (including phenoxy) is 3. The summed E-state index contributed by atoms with van der Waals surface area (Å²) in [6.07, 6.45) is 0. The standard InChI is InChI=1S/C21H26N2O4/c1-16-4-9-19(20(14-16)26-3)27-15-21(24)23-12-10-22(11-13-23)17-5-7-18(25-2)8-6-17/h4-9,14H,10-13,15H2,1-3H3. The van der Waals surface area contributed by atoms with Gasteiger partial charge < -0.3 is 24.0 Å². The highest BCUT2D eigenvalue weighted by Crippen LogP contribution is 2.28. The lowest BCUT2D eigenvalue weighted by molar-refractivity contribution is -0.133. The summed E-state index contributed by atoms with van der Waals surface area (Å²) in [4.78, 5) is 16.6. The van der Waals surface area contributed by atoms with E-state index in [1.54, 1.807) is 14.2 Å². The molecule has 1 heterocycles. The topological polar surface area (TPSA) is 51.2 Å². The van der Waals surface area contributed by atoms with E-state index in [1.807, 2.05) is 54.3 Å². The molecule has 144 valence electrons. The molecule has 1 aliphatic heterocycles. The molecule has 0 aliphatic carbocycles. The normalized spacial score (nSPS) is 14.0. The molecule has 2 aromatic carbocycles. The number of piperazine rings is 1. The number of benzene rings is 2. The van der Waals surface area contributed by atoms with Crippen molar-refractivity contribution in [1.82, 2.24) is 4.90 Å². The SMILES string of the molecule is COc1ccc(N2CCN(C(=O)COc3ccc(C)cc3OC)CC2)cc1. The van der Waals surface area contributed by atoms with Gasteiger partial charge in [0.2, 0.25) is 0 Å². The zero-order chi connectivity index (χ0) is 19.2. The van der Waals surface area contributed by atoms with Crippen LogP contribution >= 0.6 is 0 Å². The molecule has 0 bridgehead atoms. The van der Waals surface area contributed by atoms with Crippen molar-refractivity contribution in [3.8, 4) is 17.2 Å². The highest BCUT2D eigenvalue weighted by Gasteiger charge is 2.22. The summed E-state index contributed by atoms with van der Waals surface area (Å²) in [7, 11) is 3.26. The molecule has 1 amide bonds. The van der Waals surface area contributed by atoms with Crippen LogP contribution in [0.1, 0.15) is 5.56 Å². The van der Waals surface area contributed by atoms with E-state index < -0.39 is 0 Å². The minimum Gasteiger partial charge on any atom is -0.497 e. The molecule has 6 nitrogen and oxygen atoms in total. The average Bonchev–Trinajstić information content (AvgIpc) is 2.72. The predicted molar refractivity (Wildman–Crippen MR) is 105 cm³/mol. The number of anilines is 1. The van der Waals surface area contributed by atoms with Gasteiger partial charge in [0.25, 0.3) is 5.91 Å². The summed E-state index contributed by atoms with van der Waals surface area (Å²) < 4.78 is 16.2. The molecule has 0 aromatic heterocycles. The van der Waals surface area contributed by atoms with Crippen LogP contribution in [0, 0.1) is 6.92 Å². The number of carbonyl (C=O) groups excluding carboxylic acids is 1. The number of nitrogens with zero attached hydrogens (tertiary/aromatic N) is 2. The Bertz CT molecular complexity index is 768. The quantitative estimate of drug-likeness (QED) is 0.783. The molecule has 0 spiro atoms. The summed E-state index contributed by atoms with van der Waals surface area (Å²) >= 11 is 0. The Morgan fingerprint density at radius 3 is 2.26 bits per heavy atom. The van der Waals surface area contributed by atoms with Crippen LogP contribution < -0.4 is 19.1 Å². The Morgan fingerprint density at radius 1 is 0.926 bits per heavy atom. The number of amides is 1. The fraction of sp³-hybridized carbons (Fsp3) is 0.381. The monoisotopic (exact) mass is 370 g/mol. The number of methoxy groups -OCH3 is 2. The largest absolute Gasteiger partial charge is 0.497 e. The second-order valence-corrected chi connectivity index (χ2v) is 6.51. The molecular formula is C21H26N2O4. The van der Waals surface area contributed by atoms with E-state index in [-0.39, 0.29) is 12.5 Å². The summed E-state index contributed by atoms with van der Waals surface area (Å²) in [5.74, 6) is 2.07. The Kier molecular flexibility index (Phi) is 6.06. The number of hydrogen-bond acceptors (Lipinski definition) is 5. The fourth-order valence-electron chi connectivity index (χ4n) is 3.13. The third-order valence-corrected chi connectivity index (χ3v) is 4.74. The minimum atomic E-state index is -0.00740. The molecule has 6 heteroatoms. The van der Waals surface area contributed by atoms with Gasteiger partial charge in [0.1, 0.15) is 5.75 Å². The van der Waals surface area contributed by atoms with Gasteiger partial charge >= 0.3 is 0 Å². The molecule has 27 heavy (non-hydrogen) atoms. The fourth-order valence-corrected chi connectivity index (χ4v) is 3.13. The van der Waals surface area contributed by atoms with E-state index in [4.69, 9.17) is 14.2 Å². The van der Waals surface area contributed by atoms with Crippen molar-refractivity contribution in [2.75, 3.05) is 51.9 Å². The van der Waals surface area contributed by atoms with Crippen LogP contribution in [0.5, 0.6) is 17.2 Å². The molecule has 2 aromatic rings. The van der Waals surface area contributed by atoms with Crippen LogP contribution in [-0.4, -0.2) is 57.8 Å². The van der Waals surface area contributed by atoms with Gasteiger partial charge in [0.15, 0.2) is 18.1 Å². The third-order valence-electron chi connectivity index (χ3n) is 4.74. The first-order valence-electron chi connectivity index (χ1n) is 9.05. The maximum Gasteiger partial charge on any atom is 0.260 e. The lowest BCUT2D eigenvalue weighted by atomic mass is 10.2. The van der Waals surface area contributed by atoms with E-state index in [0.717, 1.165) is 30.1 Å². The summed E-state index contributed by atoms with van der Waals surface area (Å²) in [5, 5.41) is 0. The molecule has 1 fully saturated rings. The van der Waals surface area contributed by atoms with Crippen LogP contribution in [0.3, 0.4) is 0 Å². The van der Waals surface area contributed by atoms with Crippen molar-refractivity contribution < 1.29 is 19.0 Å². The van der Waals surface area contributed by atoms with Crippen molar-refractivity contribution in [3.05, 3.63) is 48.0 Å². The van der Waals surface area contributed by atoms with Gasteiger partial charge in [0, 0.05) is 31.9 Å². The van der Waals surface area contributed by atoms with Gasteiger partial charge in [-0.1, -0.05) is 6.07 Å². The van der Waals surface area contributed by atoms with Crippen molar-refractivity contribution in [2.45, 2.75) is 6.92 Å². The minimum absolute atomic E-state index is 0.00740. The number of aryl methyl sites for hydroxylation is 1. The molecule has 0 unspecified atom stereocenters. The lowest BCUT2D eigenvalue weighted by Gasteiger charge is -2.36. The zero-order valence-corrected chi connectivity index (χ0v) is 16.1. The second-order valence-electron chi connectivity index (χ2n) is 6.51. The first kappa shape index (κ1) is 18.9. The first-order chi connectivity index (χ1) is 13.1. The van der Waals surface area contributed by atoms with E-state index in [2.05, 4.69) is 4.90 Å². The van der Waals surface area contributed by atoms with E-state index in [0.29, 0.717) is 24.6 Å². The summed E-state index contributed by atoms with van der Waals surface area (Å²) in [6, 6.07) is 13.7. The van der Waals surface area contributed by atoms with Gasteiger partial charge in [-0.3, -0.25) is 4.79 Å². The molecule has 1 aliphatic rings. The van der Waals surface area contributed by atoms with Gasteiger partial charge in [0.05, 0.1) is 14.2 Å². The van der Waals surface area contributed by atoms with Crippen LogP contribution in [0.25, 0.3) is 0 Å². The van der Waals surface area contributed by atoms with Crippen molar-refractivity contribution in [1.29, 1.82) is 0 Å². The molecule has 0 radical (unpaired) electrons. The molecule has 0 atom stereocenters. The lowest BCUT2D eigenvalue weighted by Crippen LogP contribution is -2.50. The van der Waals surface area contributed by atoms with Crippen molar-refractivity contribution in [2.24, 2.45) is 0 Å². The van der Waals surface area contributed by atoms with Gasteiger partial charge in [-0.25, -0.2) is 0 Å². The van der Waals surface area contributed by atoms with E-state index in [1.165, 1.54) is 0 Å². The Balaban J connectivity index is 1.51. The zero-order valence-electron chi connectivity index (χ0n) is 16.1. The maximum absolute atomic E-state index is 12.5. The van der Waals surface area contributed by atoms with E-state index in [9.17, 15) is 4.79 Å². The third kappa shape index (κ3) is 4.64. The maximum atomic E-state index is 12.5. The van der Waals surface area contributed by atoms with Gasteiger partial charge in [-0.05, 0) is 48.9 Å². The Labute approximate surface area is 160 Å². The highest BCUT2D eigenvalue weighted by molar-refractivity contribution is 5.78. The smallest absolute Gasteiger partial charge is 0.260 e. The Hall–Kier alpha value is -2.89. The van der Waals surface area contributed by atoms with Crippen molar-refractivity contribution >= 4 is 11.6 Å². The van der Waals surface area contributed by atoms with Crippen LogP contribution in [0.2, 0.25) is 0 Å². The molecule has 3 rings (SSSR count). The Morgan fingerprint density at radius 2 is 1.63 bits per heavy atom. The summed E-state index contributed by atoms with van der Waals surface area (Å²) in [5.41, 5.74) is 2.23. The number of carbonyl (C=O) groups is 1. The number of hydrogen-bond donors (Lipinski definition) is 0. The van der Waals surface area contributed by atoms with Gasteiger partial charge in [-0.15, -0.1) is 0 Å². The van der Waals surface area contributed by atoms with Crippen LogP contribution in [0.4, 0.5) is 5.69 Å². The predicted octanol–water partition coefficient (Wildman–Crippen LogP) is 2.74. The van der Waals surface area contributed by atoms with E-state index >= 15 is 0 Å². The molecule has 0 N–H and O–H groups in total. The average molecular weight is 370 g/mol. The van der Waals surface area contributed by atoms with Gasteiger partial charge in [-0.2, -0.15) is 0 Å². The second kappa shape index (κ2) is 8.66. The van der Waals surface area contributed by atoms with Crippen LogP contribution in [0.15, 0.2) is 42.5 Å².